The van der Waals surface area contributed by atoms with E-state index in [1.807, 2.05) is 0 Å². The molecule has 1 saturated carbocycles. The summed E-state index contributed by atoms with van der Waals surface area (Å²) in [6, 6.07) is 10.3. The van der Waals surface area contributed by atoms with Crippen LogP contribution in [0.2, 0.25) is 0 Å². The minimum absolute atomic E-state index is 0.00618. The van der Waals surface area contributed by atoms with Crippen LogP contribution in [-0.4, -0.2) is 40.5 Å². The summed E-state index contributed by atoms with van der Waals surface area (Å²) >= 11 is 0.990. The maximum absolute atomic E-state index is 13.4. The number of nitrogens with zero attached hydrogens (tertiary/aromatic N) is 3. The first-order chi connectivity index (χ1) is 14.0. The minimum Gasteiger partial charge on any atom is -0.492 e. The van der Waals surface area contributed by atoms with Gasteiger partial charge in [-0.3, -0.25) is 4.79 Å². The molecule has 0 unspecified atom stereocenters. The highest BCUT2D eigenvalue weighted by molar-refractivity contribution is 7.89. The molecule has 2 aromatic carbocycles. The molecule has 1 N–H and O–H groups in total. The molecule has 10 heteroatoms. The molecule has 150 valence electrons. The molecule has 0 atom stereocenters. The molecule has 29 heavy (non-hydrogen) atoms. The zero-order valence-corrected chi connectivity index (χ0v) is 17.0. The summed E-state index contributed by atoms with van der Waals surface area (Å²) < 4.78 is 42.2. The number of hydrogen-bond acceptors (Lipinski definition) is 7. The molecular weight excluding hydrogens is 412 g/mol. The molecule has 2 heterocycles. The topological polar surface area (TPSA) is 101 Å². The van der Waals surface area contributed by atoms with E-state index in [0.29, 0.717) is 28.0 Å². The molecule has 0 radical (unpaired) electrons. The van der Waals surface area contributed by atoms with Gasteiger partial charge in [0.15, 0.2) is 0 Å². The second-order valence-electron chi connectivity index (χ2n) is 7.16. The lowest BCUT2D eigenvalue weighted by molar-refractivity contribution is -0.117. The lowest BCUT2D eigenvalue weighted by Crippen LogP contribution is -2.32. The van der Waals surface area contributed by atoms with Gasteiger partial charge in [-0.15, -0.1) is 0 Å². The van der Waals surface area contributed by atoms with E-state index >= 15 is 0 Å². The van der Waals surface area contributed by atoms with Gasteiger partial charge in [-0.1, -0.05) is 6.07 Å². The van der Waals surface area contributed by atoms with Crippen LogP contribution in [0.15, 0.2) is 41.3 Å². The number of aromatic nitrogens is 2. The summed E-state index contributed by atoms with van der Waals surface area (Å²) in [6.45, 7) is 0.610. The average Bonchev–Trinajstić information content (AvgIpc) is 3.48. The van der Waals surface area contributed by atoms with Crippen LogP contribution in [0.25, 0.3) is 11.0 Å². The van der Waals surface area contributed by atoms with Crippen LogP contribution in [0, 0.1) is 5.92 Å². The maximum atomic E-state index is 13.4. The fraction of sp³-hybridized carbons (Fsp3) is 0.316. The number of ether oxygens (including phenoxy) is 1. The van der Waals surface area contributed by atoms with Crippen LogP contribution in [0.4, 0.5) is 5.69 Å². The Balaban J connectivity index is 1.47. The van der Waals surface area contributed by atoms with Crippen molar-refractivity contribution in [3.05, 3.63) is 42.0 Å². The van der Waals surface area contributed by atoms with Crippen molar-refractivity contribution in [2.45, 2.75) is 24.3 Å². The molecule has 0 bridgehead atoms. The molecule has 1 aliphatic heterocycles. The van der Waals surface area contributed by atoms with E-state index in [4.69, 9.17) is 4.74 Å². The number of fused-ring (bicyclic) bond motifs is 2. The number of anilines is 1. The van der Waals surface area contributed by atoms with E-state index in [1.54, 1.807) is 36.4 Å². The summed E-state index contributed by atoms with van der Waals surface area (Å²) in [5.74, 6) is 0.724. The quantitative estimate of drug-likeness (QED) is 0.683. The largest absolute Gasteiger partial charge is 0.492 e. The number of rotatable bonds is 4. The van der Waals surface area contributed by atoms with E-state index in [1.165, 1.54) is 4.31 Å². The number of nitrogens with one attached hydrogen (secondary N) is 1. The Morgan fingerprint density at radius 2 is 2.07 bits per heavy atom. The zero-order valence-electron chi connectivity index (χ0n) is 15.4. The number of hydrogen-bond donors (Lipinski definition) is 1. The van der Waals surface area contributed by atoms with Gasteiger partial charge in [-0.2, -0.15) is 13.1 Å². The molecule has 2 aliphatic rings. The summed E-state index contributed by atoms with van der Waals surface area (Å²) in [5.41, 5.74) is 2.30. The van der Waals surface area contributed by atoms with Crippen molar-refractivity contribution >= 4 is 44.4 Å². The van der Waals surface area contributed by atoms with E-state index in [9.17, 15) is 13.2 Å². The van der Waals surface area contributed by atoms with Crippen molar-refractivity contribution in [3.8, 4) is 5.75 Å². The second kappa shape index (κ2) is 7.05. The molecule has 8 nitrogen and oxygen atoms in total. The summed E-state index contributed by atoms with van der Waals surface area (Å²) in [4.78, 5) is 12.2. The first kappa shape index (κ1) is 18.5. The van der Waals surface area contributed by atoms with Crippen molar-refractivity contribution in [2.75, 3.05) is 18.5 Å². The number of sulfonamides is 1. The first-order valence-corrected chi connectivity index (χ1v) is 11.5. The number of carbonyl (C=O) groups is 1. The lowest BCUT2D eigenvalue weighted by Gasteiger charge is -2.20. The molecule has 0 saturated heterocycles. The minimum atomic E-state index is -3.79. The molecule has 0 spiro atoms. The first-order valence-electron chi connectivity index (χ1n) is 9.30. The standard InChI is InChI=1S/C19H18N4O4S2/c24-19(12-4-5-12)20-14-6-7-16-13(10-14)11-23(8-9-27-16)29(25,26)17-3-1-2-15-18(17)22-28-21-15/h1-3,6-7,10,12H,4-5,8-9,11H2,(H,20,24). The van der Waals surface area contributed by atoms with Gasteiger partial charge >= 0.3 is 0 Å². The highest BCUT2D eigenvalue weighted by Gasteiger charge is 2.31. The van der Waals surface area contributed by atoms with Gasteiger partial charge in [-0.05, 0) is 43.2 Å². The van der Waals surface area contributed by atoms with Gasteiger partial charge in [0.1, 0.15) is 28.3 Å². The van der Waals surface area contributed by atoms with Crippen molar-refractivity contribution in [2.24, 2.45) is 5.92 Å². The zero-order chi connectivity index (χ0) is 20.0. The van der Waals surface area contributed by atoms with Crippen LogP contribution in [0.3, 0.4) is 0 Å². The van der Waals surface area contributed by atoms with Gasteiger partial charge in [-0.25, -0.2) is 8.42 Å². The predicted molar refractivity (Wildman–Crippen MR) is 108 cm³/mol. The van der Waals surface area contributed by atoms with Gasteiger partial charge in [0.05, 0.1) is 11.7 Å². The van der Waals surface area contributed by atoms with Crippen molar-refractivity contribution in [3.63, 3.8) is 0 Å². The Morgan fingerprint density at radius 1 is 1.21 bits per heavy atom. The Hall–Kier alpha value is -2.56. The van der Waals surface area contributed by atoms with Gasteiger partial charge in [0, 0.05) is 30.3 Å². The van der Waals surface area contributed by atoms with Crippen molar-refractivity contribution < 1.29 is 17.9 Å². The van der Waals surface area contributed by atoms with Crippen LogP contribution in [-0.2, 0) is 21.4 Å². The molecule has 1 aromatic heterocycles. The van der Waals surface area contributed by atoms with E-state index in [-0.39, 0.29) is 36.4 Å². The smallest absolute Gasteiger partial charge is 0.245 e. The molecular formula is C19H18N4O4S2. The highest BCUT2D eigenvalue weighted by Crippen LogP contribution is 2.33. The highest BCUT2D eigenvalue weighted by atomic mass is 32.2. The normalized spacial score (nSPS) is 17.4. The van der Waals surface area contributed by atoms with Gasteiger partial charge < -0.3 is 10.1 Å². The predicted octanol–water partition coefficient (Wildman–Crippen LogP) is 2.62. The third-order valence-electron chi connectivity index (χ3n) is 5.09. The van der Waals surface area contributed by atoms with Crippen LogP contribution >= 0.6 is 11.7 Å². The fourth-order valence-electron chi connectivity index (χ4n) is 3.37. The average molecular weight is 431 g/mol. The molecule has 1 aliphatic carbocycles. The maximum Gasteiger partial charge on any atom is 0.245 e. The summed E-state index contributed by atoms with van der Waals surface area (Å²) in [5, 5.41) is 2.90. The third kappa shape index (κ3) is 3.47. The molecule has 1 amide bonds. The van der Waals surface area contributed by atoms with Crippen molar-refractivity contribution in [1.29, 1.82) is 0 Å². The number of carbonyl (C=O) groups excluding carboxylic acids is 1. The molecule has 5 rings (SSSR count). The molecule has 3 aromatic rings. The fourth-order valence-corrected chi connectivity index (χ4v) is 5.53. The van der Waals surface area contributed by atoms with E-state index in [2.05, 4.69) is 14.1 Å². The monoisotopic (exact) mass is 430 g/mol. The Bertz CT molecular complexity index is 1200. The van der Waals surface area contributed by atoms with E-state index < -0.39 is 10.0 Å². The van der Waals surface area contributed by atoms with Crippen LogP contribution in [0.5, 0.6) is 5.75 Å². The van der Waals surface area contributed by atoms with Crippen LogP contribution < -0.4 is 10.1 Å². The third-order valence-corrected chi connectivity index (χ3v) is 7.51. The number of amides is 1. The van der Waals surface area contributed by atoms with Crippen LogP contribution in [0.1, 0.15) is 18.4 Å². The Morgan fingerprint density at radius 3 is 2.90 bits per heavy atom. The summed E-state index contributed by atoms with van der Waals surface area (Å²) in [6.07, 6.45) is 1.84. The van der Waals surface area contributed by atoms with E-state index in [0.717, 1.165) is 24.6 Å². The number of benzene rings is 2. The Kier molecular flexibility index (Phi) is 4.49. The second-order valence-corrected chi connectivity index (χ2v) is 9.60. The Labute approximate surface area is 171 Å². The van der Waals surface area contributed by atoms with Crippen molar-refractivity contribution in [1.82, 2.24) is 13.1 Å². The lowest BCUT2D eigenvalue weighted by atomic mass is 10.1. The molecule has 1 fully saturated rings. The van der Waals surface area contributed by atoms with Gasteiger partial charge in [0.25, 0.3) is 0 Å². The van der Waals surface area contributed by atoms with Gasteiger partial charge in [0.2, 0.25) is 15.9 Å². The summed E-state index contributed by atoms with van der Waals surface area (Å²) in [7, 11) is -3.79. The SMILES string of the molecule is O=C(Nc1ccc2c(c1)CN(S(=O)(=O)c1cccc3nsnc13)CCO2)C1CC1.